The van der Waals surface area contributed by atoms with Crippen LogP contribution in [-0.2, 0) is 6.18 Å². The minimum absolute atomic E-state index is 0.0240. The predicted molar refractivity (Wildman–Crippen MR) is 76.1 cm³/mol. The number of hydrogen-bond donors (Lipinski definition) is 0. The number of benzene rings is 2. The molecule has 0 aliphatic heterocycles. The maximum absolute atomic E-state index is 13.0. The Kier molecular flexibility index (Phi) is 4.61. The molecule has 0 radical (unpaired) electrons. The van der Waals surface area contributed by atoms with Crippen molar-refractivity contribution in [1.29, 1.82) is 5.26 Å². The summed E-state index contributed by atoms with van der Waals surface area (Å²) in [6.07, 6.45) is -9.08. The van der Waals surface area contributed by atoms with E-state index in [0.717, 1.165) is 19.1 Å². The molecule has 0 saturated heterocycles. The molecule has 0 aliphatic rings. The van der Waals surface area contributed by atoms with Crippen molar-refractivity contribution in [2.75, 3.05) is 0 Å². The summed E-state index contributed by atoms with van der Waals surface area (Å²) in [6.45, 7) is 1.01. The highest BCUT2D eigenvalue weighted by atomic mass is 19.4. The first-order valence-corrected chi connectivity index (χ1v) is 6.82. The lowest BCUT2D eigenvalue weighted by Gasteiger charge is -2.16. The number of alkyl halides is 6. The second kappa shape index (κ2) is 6.19. The number of nitriles is 1. The molecular formula is C17H11F6N. The molecule has 2 aromatic rings. The van der Waals surface area contributed by atoms with Crippen molar-refractivity contribution < 1.29 is 26.3 Å². The number of hydrogen-bond acceptors (Lipinski definition) is 1. The van der Waals surface area contributed by atoms with Crippen LogP contribution in [0.2, 0.25) is 0 Å². The van der Waals surface area contributed by atoms with Gasteiger partial charge in [0, 0.05) is 0 Å². The summed E-state index contributed by atoms with van der Waals surface area (Å²) in [7, 11) is 0. The predicted octanol–water partition coefficient (Wildman–Crippen LogP) is 5.91. The lowest BCUT2D eigenvalue weighted by Crippen LogP contribution is -2.17. The van der Waals surface area contributed by atoms with E-state index in [1.165, 1.54) is 36.4 Å². The van der Waals surface area contributed by atoms with Crippen LogP contribution in [0.5, 0.6) is 0 Å². The van der Waals surface area contributed by atoms with Crippen LogP contribution in [0.3, 0.4) is 0 Å². The number of halogens is 6. The van der Waals surface area contributed by atoms with Gasteiger partial charge in [-0.15, -0.1) is 0 Å². The van der Waals surface area contributed by atoms with Gasteiger partial charge in [-0.3, -0.25) is 0 Å². The Morgan fingerprint density at radius 2 is 1.42 bits per heavy atom. The lowest BCUT2D eigenvalue weighted by molar-refractivity contribution is -0.146. The fraction of sp³-hybridized carbons (Fsp3) is 0.235. The van der Waals surface area contributed by atoms with E-state index in [0.29, 0.717) is 5.56 Å². The normalized spacial score (nSPS) is 13.4. The van der Waals surface area contributed by atoms with E-state index in [9.17, 15) is 26.3 Å². The van der Waals surface area contributed by atoms with Gasteiger partial charge in [0.25, 0.3) is 0 Å². The Hall–Kier alpha value is -2.49. The quantitative estimate of drug-likeness (QED) is 0.622. The second-order valence-electron chi connectivity index (χ2n) is 5.26. The van der Waals surface area contributed by atoms with Crippen LogP contribution in [-0.4, -0.2) is 6.18 Å². The SMILES string of the molecule is CC(c1ccc(-c2ccc(C#N)c(C(F)(F)F)c2)cc1)C(F)(F)F. The third-order valence-corrected chi connectivity index (χ3v) is 3.68. The second-order valence-corrected chi connectivity index (χ2v) is 5.26. The summed E-state index contributed by atoms with van der Waals surface area (Å²) < 4.78 is 76.9. The minimum Gasteiger partial charge on any atom is -0.192 e. The summed E-state index contributed by atoms with van der Waals surface area (Å²) in [5.41, 5.74) is -1.05. The largest absolute Gasteiger partial charge is 0.417 e. The first-order valence-electron chi connectivity index (χ1n) is 6.82. The van der Waals surface area contributed by atoms with Crippen LogP contribution in [0, 0.1) is 11.3 Å². The smallest absolute Gasteiger partial charge is 0.192 e. The highest BCUT2D eigenvalue weighted by molar-refractivity contribution is 5.66. The summed E-state index contributed by atoms with van der Waals surface area (Å²) in [4.78, 5) is 0. The van der Waals surface area contributed by atoms with Gasteiger partial charge >= 0.3 is 12.4 Å². The van der Waals surface area contributed by atoms with Crippen molar-refractivity contribution in [2.24, 2.45) is 0 Å². The fourth-order valence-electron chi connectivity index (χ4n) is 2.21. The molecule has 0 N–H and O–H groups in total. The highest BCUT2D eigenvalue weighted by Gasteiger charge is 2.37. The zero-order valence-electron chi connectivity index (χ0n) is 12.3. The van der Waals surface area contributed by atoms with Crippen molar-refractivity contribution in [3.05, 3.63) is 59.2 Å². The van der Waals surface area contributed by atoms with Crippen molar-refractivity contribution in [3.8, 4) is 17.2 Å². The third kappa shape index (κ3) is 3.70. The van der Waals surface area contributed by atoms with Crippen molar-refractivity contribution >= 4 is 0 Å². The highest BCUT2D eigenvalue weighted by Crippen LogP contribution is 2.37. The summed E-state index contributed by atoms with van der Waals surface area (Å²) in [5, 5.41) is 8.76. The third-order valence-electron chi connectivity index (χ3n) is 3.68. The van der Waals surface area contributed by atoms with E-state index < -0.39 is 29.4 Å². The molecule has 1 unspecified atom stereocenters. The first-order chi connectivity index (χ1) is 11.0. The maximum atomic E-state index is 13.0. The summed E-state index contributed by atoms with van der Waals surface area (Å²) >= 11 is 0. The van der Waals surface area contributed by atoms with Gasteiger partial charge in [-0.25, -0.2) is 0 Å². The van der Waals surface area contributed by atoms with Crippen molar-refractivity contribution in [3.63, 3.8) is 0 Å². The molecule has 0 aliphatic carbocycles. The molecule has 0 amide bonds. The van der Waals surface area contributed by atoms with Gasteiger partial charge in [-0.05, 0) is 35.7 Å². The molecule has 0 spiro atoms. The van der Waals surface area contributed by atoms with Crippen LogP contribution >= 0.6 is 0 Å². The first kappa shape index (κ1) is 17.9. The molecular weight excluding hydrogens is 332 g/mol. The van der Waals surface area contributed by atoms with Crippen molar-refractivity contribution in [2.45, 2.75) is 25.2 Å². The van der Waals surface area contributed by atoms with Gasteiger partial charge in [-0.1, -0.05) is 30.3 Å². The molecule has 126 valence electrons. The van der Waals surface area contributed by atoms with E-state index in [1.54, 1.807) is 0 Å². The van der Waals surface area contributed by atoms with E-state index in [4.69, 9.17) is 5.26 Å². The Morgan fingerprint density at radius 3 is 1.88 bits per heavy atom. The van der Waals surface area contributed by atoms with E-state index in [1.807, 2.05) is 0 Å². The van der Waals surface area contributed by atoms with Gasteiger partial charge in [0.2, 0.25) is 0 Å². The average molecular weight is 343 g/mol. The van der Waals surface area contributed by atoms with E-state index in [2.05, 4.69) is 0 Å². The topological polar surface area (TPSA) is 23.8 Å². The molecule has 0 fully saturated rings. The number of nitrogens with zero attached hydrogens (tertiary/aromatic N) is 1. The zero-order chi connectivity index (χ0) is 18.1. The maximum Gasteiger partial charge on any atom is 0.417 e. The Bertz CT molecular complexity index is 766. The van der Waals surface area contributed by atoms with Gasteiger partial charge < -0.3 is 0 Å². The van der Waals surface area contributed by atoms with E-state index >= 15 is 0 Å². The molecule has 0 aromatic heterocycles. The molecule has 7 heteroatoms. The molecule has 1 atom stereocenters. The molecule has 0 bridgehead atoms. The van der Waals surface area contributed by atoms with E-state index in [-0.39, 0.29) is 11.1 Å². The van der Waals surface area contributed by atoms with Crippen LogP contribution in [0.1, 0.15) is 29.5 Å². The fourth-order valence-corrected chi connectivity index (χ4v) is 2.21. The lowest BCUT2D eigenvalue weighted by atomic mass is 9.95. The van der Waals surface area contributed by atoms with Gasteiger partial charge in [0.1, 0.15) is 0 Å². The molecule has 2 rings (SSSR count). The number of rotatable bonds is 2. The van der Waals surface area contributed by atoms with Crippen molar-refractivity contribution in [1.82, 2.24) is 0 Å². The Labute approximate surface area is 134 Å². The summed E-state index contributed by atoms with van der Waals surface area (Å²) in [5.74, 6) is -1.67. The van der Waals surface area contributed by atoms with Crippen LogP contribution in [0.4, 0.5) is 26.3 Å². The standard InChI is InChI=1S/C17H11F6N/c1-10(16(18,19)20)11-2-4-12(5-3-11)13-6-7-14(9-24)15(8-13)17(21,22)23/h2-8,10H,1H3. The molecule has 2 aromatic carbocycles. The monoisotopic (exact) mass is 343 g/mol. The minimum atomic E-state index is -4.69. The van der Waals surface area contributed by atoms with Crippen LogP contribution in [0.15, 0.2) is 42.5 Å². The zero-order valence-corrected chi connectivity index (χ0v) is 12.3. The summed E-state index contributed by atoms with van der Waals surface area (Å²) in [6, 6.07) is 9.81. The van der Waals surface area contributed by atoms with Gasteiger partial charge in [0.15, 0.2) is 0 Å². The van der Waals surface area contributed by atoms with Crippen LogP contribution < -0.4 is 0 Å². The molecule has 24 heavy (non-hydrogen) atoms. The molecule has 1 nitrogen and oxygen atoms in total. The van der Waals surface area contributed by atoms with Gasteiger partial charge in [0.05, 0.1) is 23.1 Å². The van der Waals surface area contributed by atoms with Gasteiger partial charge in [-0.2, -0.15) is 31.6 Å². The molecule has 0 heterocycles. The Balaban J connectivity index is 2.42. The van der Waals surface area contributed by atoms with Crippen LogP contribution in [0.25, 0.3) is 11.1 Å². The Morgan fingerprint density at radius 1 is 0.875 bits per heavy atom. The molecule has 0 saturated carbocycles. The average Bonchev–Trinajstić information content (AvgIpc) is 2.52.